The Morgan fingerprint density at radius 2 is 1.17 bits per heavy atom. The van der Waals surface area contributed by atoms with E-state index in [0.717, 1.165) is 6.42 Å². The van der Waals surface area contributed by atoms with Gasteiger partial charge in [0.1, 0.15) is 0 Å². The number of anilines is 2. The second-order valence-electron chi connectivity index (χ2n) is 7.58. The van der Waals surface area contributed by atoms with E-state index in [1.807, 2.05) is 0 Å². The van der Waals surface area contributed by atoms with Crippen LogP contribution in [0.2, 0.25) is 0 Å². The van der Waals surface area contributed by atoms with Crippen molar-refractivity contribution in [2.45, 2.75) is 51.5 Å². The molecule has 0 aliphatic rings. The molecule has 0 N–H and O–H groups in total. The molecule has 3 aromatic carbocycles. The van der Waals surface area contributed by atoms with Crippen LogP contribution in [0.4, 0.5) is 11.4 Å². The first-order valence-corrected chi connectivity index (χ1v) is 11.0. The highest BCUT2D eigenvalue weighted by Crippen LogP contribution is 2.30. The van der Waals surface area contributed by atoms with Crippen molar-refractivity contribution < 1.29 is 0 Å². The van der Waals surface area contributed by atoms with Gasteiger partial charge >= 0.3 is 0 Å². The van der Waals surface area contributed by atoms with Gasteiger partial charge in [-0.1, -0.05) is 118 Å². The maximum atomic E-state index is 2.49. The summed E-state index contributed by atoms with van der Waals surface area (Å²) in [6.07, 6.45) is 12.3. The Labute approximate surface area is 176 Å². The summed E-state index contributed by atoms with van der Waals surface area (Å²) < 4.78 is 0. The van der Waals surface area contributed by atoms with Crippen molar-refractivity contribution in [2.75, 3.05) is 4.90 Å². The molecule has 3 aromatic rings. The van der Waals surface area contributed by atoms with Crippen LogP contribution in [0.1, 0.15) is 51.0 Å². The third-order valence-corrected chi connectivity index (χ3v) is 5.31. The minimum atomic E-state index is 0.321. The van der Waals surface area contributed by atoms with Crippen molar-refractivity contribution in [1.82, 2.24) is 0 Å². The minimum absolute atomic E-state index is 0.321. The van der Waals surface area contributed by atoms with Crippen LogP contribution < -0.4 is 4.90 Å². The van der Waals surface area contributed by atoms with Crippen LogP contribution >= 0.6 is 0 Å². The Bertz CT molecular complexity index is 784. The highest BCUT2D eigenvalue weighted by atomic mass is 15.2. The molecule has 0 spiro atoms. The number of hydrogen-bond donors (Lipinski definition) is 0. The molecule has 0 radical (unpaired) electrons. The molecule has 1 nitrogen and oxygen atoms in total. The molecule has 0 amide bonds. The molecule has 29 heavy (non-hydrogen) atoms. The lowest BCUT2D eigenvalue weighted by Gasteiger charge is -2.32. The van der Waals surface area contributed by atoms with Gasteiger partial charge in [-0.05, 0) is 36.2 Å². The van der Waals surface area contributed by atoms with E-state index in [4.69, 9.17) is 0 Å². The quantitative estimate of drug-likeness (QED) is 0.301. The fourth-order valence-corrected chi connectivity index (χ4v) is 3.76. The summed E-state index contributed by atoms with van der Waals surface area (Å²) >= 11 is 0. The normalized spacial score (nSPS) is 12.2. The Hall–Kier alpha value is -2.80. The van der Waals surface area contributed by atoms with Gasteiger partial charge in [-0.3, -0.25) is 0 Å². The largest absolute Gasteiger partial charge is 0.335 e. The summed E-state index contributed by atoms with van der Waals surface area (Å²) in [4.78, 5) is 2.49. The van der Waals surface area contributed by atoms with Crippen LogP contribution in [0.25, 0.3) is 6.08 Å². The molecule has 0 heterocycles. The van der Waals surface area contributed by atoms with Gasteiger partial charge in [-0.25, -0.2) is 0 Å². The van der Waals surface area contributed by atoms with E-state index in [1.165, 1.54) is 49.0 Å². The van der Waals surface area contributed by atoms with Crippen LogP contribution in [0.5, 0.6) is 0 Å². The molecule has 0 saturated carbocycles. The summed E-state index contributed by atoms with van der Waals surface area (Å²) in [5, 5.41) is 0. The summed E-state index contributed by atoms with van der Waals surface area (Å²) in [6, 6.07) is 32.5. The Morgan fingerprint density at radius 3 is 1.72 bits per heavy atom. The van der Waals surface area contributed by atoms with E-state index >= 15 is 0 Å². The number of para-hydroxylation sites is 2. The molecule has 3 rings (SSSR count). The zero-order valence-corrected chi connectivity index (χ0v) is 17.6. The smallest absolute Gasteiger partial charge is 0.0525 e. The molecular weight excluding hydrogens is 350 g/mol. The molecule has 0 aliphatic carbocycles. The maximum Gasteiger partial charge on any atom is 0.0525 e. The van der Waals surface area contributed by atoms with Crippen LogP contribution in [-0.2, 0) is 0 Å². The number of nitrogens with zero attached hydrogens (tertiary/aromatic N) is 1. The van der Waals surface area contributed by atoms with Gasteiger partial charge in [0.2, 0.25) is 0 Å². The standard InChI is InChI=1S/C28H33N/c1-2-3-4-5-11-22-28(24-23-25-16-9-6-10-17-25)29(26-18-12-7-13-19-26)27-20-14-8-15-21-27/h6-10,12-21,23-24,28H,2-5,11,22H2,1H3. The van der Waals surface area contributed by atoms with E-state index in [-0.39, 0.29) is 0 Å². The first-order chi connectivity index (χ1) is 14.4. The second-order valence-corrected chi connectivity index (χ2v) is 7.58. The molecule has 0 fully saturated rings. The van der Waals surface area contributed by atoms with Gasteiger partial charge in [0, 0.05) is 11.4 Å². The Kier molecular flexibility index (Phi) is 8.59. The molecule has 0 aromatic heterocycles. The third kappa shape index (κ3) is 6.64. The predicted molar refractivity (Wildman–Crippen MR) is 128 cm³/mol. The van der Waals surface area contributed by atoms with Gasteiger partial charge < -0.3 is 4.90 Å². The van der Waals surface area contributed by atoms with Crippen LogP contribution in [0.15, 0.2) is 97.1 Å². The zero-order chi connectivity index (χ0) is 20.2. The minimum Gasteiger partial charge on any atom is -0.335 e. The molecule has 0 aliphatic heterocycles. The number of rotatable bonds is 11. The molecule has 1 heteroatoms. The van der Waals surface area contributed by atoms with Crippen LogP contribution in [0.3, 0.4) is 0 Å². The molecule has 150 valence electrons. The van der Waals surface area contributed by atoms with Crippen LogP contribution in [-0.4, -0.2) is 6.04 Å². The summed E-state index contributed by atoms with van der Waals surface area (Å²) in [5.41, 5.74) is 3.74. The highest BCUT2D eigenvalue weighted by Gasteiger charge is 2.18. The molecular formula is C28H33N. The van der Waals surface area contributed by atoms with Crippen molar-refractivity contribution in [3.8, 4) is 0 Å². The Morgan fingerprint density at radius 1 is 0.655 bits per heavy atom. The van der Waals surface area contributed by atoms with Crippen molar-refractivity contribution in [2.24, 2.45) is 0 Å². The topological polar surface area (TPSA) is 3.24 Å². The lowest BCUT2D eigenvalue weighted by molar-refractivity contribution is 0.578. The van der Waals surface area contributed by atoms with Gasteiger partial charge in [0.25, 0.3) is 0 Å². The predicted octanol–water partition coefficient (Wildman–Crippen LogP) is 8.27. The van der Waals surface area contributed by atoms with E-state index in [9.17, 15) is 0 Å². The molecule has 0 saturated heterocycles. The summed E-state index contributed by atoms with van der Waals surface area (Å²) in [6.45, 7) is 2.28. The van der Waals surface area contributed by atoms with Gasteiger partial charge in [0.05, 0.1) is 6.04 Å². The fraction of sp³-hybridized carbons (Fsp3) is 0.286. The average Bonchev–Trinajstić information content (AvgIpc) is 2.79. The average molecular weight is 384 g/mol. The van der Waals surface area contributed by atoms with E-state index in [0.29, 0.717) is 6.04 Å². The first-order valence-electron chi connectivity index (χ1n) is 11.0. The SMILES string of the molecule is CCCCCCCC(C=Cc1ccccc1)N(c1ccccc1)c1ccccc1. The van der Waals surface area contributed by atoms with E-state index in [1.54, 1.807) is 0 Å². The molecule has 1 unspecified atom stereocenters. The fourth-order valence-electron chi connectivity index (χ4n) is 3.76. The van der Waals surface area contributed by atoms with Crippen LogP contribution in [0, 0.1) is 0 Å². The van der Waals surface area contributed by atoms with Crippen molar-refractivity contribution in [3.05, 3.63) is 103 Å². The highest BCUT2D eigenvalue weighted by molar-refractivity contribution is 5.66. The van der Waals surface area contributed by atoms with Gasteiger partial charge in [-0.15, -0.1) is 0 Å². The van der Waals surface area contributed by atoms with Crippen molar-refractivity contribution >= 4 is 17.5 Å². The Balaban J connectivity index is 1.87. The van der Waals surface area contributed by atoms with Crippen molar-refractivity contribution in [1.29, 1.82) is 0 Å². The summed E-state index contributed by atoms with van der Waals surface area (Å²) in [7, 11) is 0. The lowest BCUT2D eigenvalue weighted by atomic mass is 10.0. The summed E-state index contributed by atoms with van der Waals surface area (Å²) in [5.74, 6) is 0. The van der Waals surface area contributed by atoms with Crippen molar-refractivity contribution in [3.63, 3.8) is 0 Å². The maximum absolute atomic E-state index is 2.49. The van der Waals surface area contributed by atoms with Gasteiger partial charge in [0.15, 0.2) is 0 Å². The number of hydrogen-bond acceptors (Lipinski definition) is 1. The lowest BCUT2D eigenvalue weighted by Crippen LogP contribution is -2.29. The zero-order valence-electron chi connectivity index (χ0n) is 17.6. The third-order valence-electron chi connectivity index (χ3n) is 5.31. The van der Waals surface area contributed by atoms with Gasteiger partial charge in [-0.2, -0.15) is 0 Å². The van der Waals surface area contributed by atoms with E-state index < -0.39 is 0 Å². The molecule has 0 bridgehead atoms. The number of benzene rings is 3. The monoisotopic (exact) mass is 383 g/mol. The number of unbranched alkanes of at least 4 members (excludes halogenated alkanes) is 4. The van der Waals surface area contributed by atoms with E-state index in [2.05, 4.69) is 115 Å². The second kappa shape index (κ2) is 11.9. The first kappa shape index (κ1) is 20.9. The molecule has 1 atom stereocenters.